The maximum absolute atomic E-state index is 11.6. The van der Waals surface area contributed by atoms with E-state index in [0.717, 1.165) is 12.5 Å². The predicted molar refractivity (Wildman–Crippen MR) is 64.9 cm³/mol. The number of benzene rings is 1. The van der Waals surface area contributed by atoms with Gasteiger partial charge in [-0.15, -0.1) is 0 Å². The van der Waals surface area contributed by atoms with Crippen LogP contribution in [0.1, 0.15) is 12.5 Å². The zero-order valence-corrected chi connectivity index (χ0v) is 10.4. The van der Waals surface area contributed by atoms with Gasteiger partial charge in [-0.2, -0.15) is 0 Å². The zero-order chi connectivity index (χ0) is 12.3. The molecular formula is C11H11Cl2NO2. The van der Waals surface area contributed by atoms with E-state index in [2.05, 4.69) is 5.32 Å². The molecule has 3 nitrogen and oxygen atoms in total. The Balaban J connectivity index is 2.79. The van der Waals surface area contributed by atoms with Gasteiger partial charge in [0.25, 0.3) is 10.2 Å². The van der Waals surface area contributed by atoms with Gasteiger partial charge in [0.05, 0.1) is 0 Å². The number of Topliss-reactive ketones (excluding diaryl/α,β-unsaturated/α-hetero) is 1. The number of hydrogen-bond donors (Lipinski definition) is 1. The lowest BCUT2D eigenvalue weighted by atomic mass is 10.2. The summed E-state index contributed by atoms with van der Waals surface area (Å²) in [7, 11) is 0. The van der Waals surface area contributed by atoms with Crippen LogP contribution in [-0.4, -0.2) is 16.0 Å². The Bertz CT molecular complexity index is 412. The van der Waals surface area contributed by atoms with Crippen molar-refractivity contribution in [2.75, 3.05) is 5.32 Å². The van der Waals surface area contributed by atoms with Gasteiger partial charge in [0.1, 0.15) is 0 Å². The molecule has 0 aromatic heterocycles. The van der Waals surface area contributed by atoms with Gasteiger partial charge in [-0.1, -0.05) is 40.9 Å². The van der Waals surface area contributed by atoms with Crippen molar-refractivity contribution in [2.24, 2.45) is 0 Å². The number of carbonyl (C=O) groups excluding carboxylic acids is 2. The van der Waals surface area contributed by atoms with Gasteiger partial charge in [-0.05, 0) is 26.0 Å². The first-order chi connectivity index (χ1) is 7.34. The summed E-state index contributed by atoms with van der Waals surface area (Å²) in [6.07, 6.45) is 0. The molecule has 1 aromatic rings. The highest BCUT2D eigenvalue weighted by atomic mass is 35.5. The maximum Gasteiger partial charge on any atom is 0.268 e. The molecule has 0 unspecified atom stereocenters. The van der Waals surface area contributed by atoms with Crippen molar-refractivity contribution in [3.63, 3.8) is 0 Å². The van der Waals surface area contributed by atoms with Gasteiger partial charge < -0.3 is 5.32 Å². The number of hydrogen-bond acceptors (Lipinski definition) is 2. The van der Waals surface area contributed by atoms with Crippen LogP contribution < -0.4 is 5.32 Å². The normalized spacial score (nSPS) is 11.0. The minimum Gasteiger partial charge on any atom is -0.323 e. The number of rotatable bonds is 3. The summed E-state index contributed by atoms with van der Waals surface area (Å²) in [5.74, 6) is -1.35. The second kappa shape index (κ2) is 4.85. The van der Waals surface area contributed by atoms with E-state index in [1.165, 1.54) is 0 Å². The molecule has 0 aliphatic carbocycles. The van der Waals surface area contributed by atoms with Gasteiger partial charge >= 0.3 is 0 Å². The highest BCUT2D eigenvalue weighted by Crippen LogP contribution is 2.24. The molecule has 1 amide bonds. The van der Waals surface area contributed by atoms with Crippen molar-refractivity contribution >= 4 is 40.6 Å². The first-order valence-corrected chi connectivity index (χ1v) is 5.36. The Kier molecular flexibility index (Phi) is 3.94. The number of nitrogens with one attached hydrogen (secondary N) is 1. The molecule has 0 bridgehead atoms. The molecule has 86 valence electrons. The largest absolute Gasteiger partial charge is 0.323 e. The SMILES string of the molecule is CC(=O)C(Cl)(Cl)C(=O)Nc1ccc(C)cc1. The molecule has 0 heterocycles. The van der Waals surface area contributed by atoms with Crippen LogP contribution in [0.3, 0.4) is 0 Å². The lowest BCUT2D eigenvalue weighted by Crippen LogP contribution is -2.38. The molecule has 0 fully saturated rings. The molecule has 0 spiro atoms. The summed E-state index contributed by atoms with van der Waals surface area (Å²) in [6, 6.07) is 7.06. The van der Waals surface area contributed by atoms with E-state index in [1.54, 1.807) is 12.1 Å². The molecule has 1 N–H and O–H groups in total. The number of amides is 1. The Morgan fingerprint density at radius 3 is 2.12 bits per heavy atom. The summed E-state index contributed by atoms with van der Waals surface area (Å²) < 4.78 is -2.04. The molecule has 0 radical (unpaired) electrons. The number of aryl methyl sites for hydroxylation is 1. The van der Waals surface area contributed by atoms with Gasteiger partial charge in [0.2, 0.25) is 0 Å². The van der Waals surface area contributed by atoms with Gasteiger partial charge in [-0.3, -0.25) is 9.59 Å². The predicted octanol–water partition coefficient (Wildman–Crippen LogP) is 2.70. The topological polar surface area (TPSA) is 46.2 Å². The van der Waals surface area contributed by atoms with E-state index in [4.69, 9.17) is 23.2 Å². The average molecular weight is 260 g/mol. The van der Waals surface area contributed by atoms with E-state index in [-0.39, 0.29) is 0 Å². The monoisotopic (exact) mass is 259 g/mol. The van der Waals surface area contributed by atoms with Gasteiger partial charge in [-0.25, -0.2) is 0 Å². The second-order valence-electron chi connectivity index (χ2n) is 3.45. The summed E-state index contributed by atoms with van der Waals surface area (Å²) in [4.78, 5) is 22.6. The van der Waals surface area contributed by atoms with Gasteiger partial charge in [0, 0.05) is 5.69 Å². The highest BCUT2D eigenvalue weighted by molar-refractivity contribution is 6.68. The summed E-state index contributed by atoms with van der Waals surface area (Å²) in [5.41, 5.74) is 1.61. The van der Waals surface area contributed by atoms with E-state index in [1.807, 2.05) is 19.1 Å². The molecule has 0 saturated carbocycles. The van der Waals surface area contributed by atoms with Crippen molar-refractivity contribution in [1.29, 1.82) is 0 Å². The zero-order valence-electron chi connectivity index (χ0n) is 8.88. The standard InChI is InChI=1S/C11H11Cl2NO2/c1-7-3-5-9(6-4-7)14-10(16)11(12,13)8(2)15/h3-6H,1-2H3,(H,14,16). The second-order valence-corrected chi connectivity index (χ2v) is 4.78. The van der Waals surface area contributed by atoms with Crippen LogP contribution in [0.5, 0.6) is 0 Å². The molecule has 0 aliphatic rings. The lowest BCUT2D eigenvalue weighted by molar-refractivity contribution is -0.125. The van der Waals surface area contributed by atoms with Crippen molar-refractivity contribution < 1.29 is 9.59 Å². The summed E-state index contributed by atoms with van der Waals surface area (Å²) >= 11 is 11.2. The molecule has 1 rings (SSSR count). The van der Waals surface area contributed by atoms with E-state index >= 15 is 0 Å². The number of halogens is 2. The average Bonchev–Trinajstić information content (AvgIpc) is 2.21. The molecule has 0 aliphatic heterocycles. The van der Waals surface area contributed by atoms with Crippen LogP contribution in [0.4, 0.5) is 5.69 Å². The minimum absolute atomic E-state index is 0.544. The van der Waals surface area contributed by atoms with E-state index < -0.39 is 16.0 Å². The molecule has 16 heavy (non-hydrogen) atoms. The molecule has 5 heteroatoms. The third-order valence-electron chi connectivity index (χ3n) is 2.04. The third kappa shape index (κ3) is 2.97. The summed E-state index contributed by atoms with van der Waals surface area (Å²) in [5, 5.41) is 2.47. The van der Waals surface area contributed by atoms with Crippen molar-refractivity contribution in [2.45, 2.75) is 18.2 Å². The van der Waals surface area contributed by atoms with Crippen LogP contribution in [0, 0.1) is 6.92 Å². The van der Waals surface area contributed by atoms with Crippen molar-refractivity contribution in [3.05, 3.63) is 29.8 Å². The van der Waals surface area contributed by atoms with Crippen LogP contribution in [-0.2, 0) is 9.59 Å². The highest BCUT2D eigenvalue weighted by Gasteiger charge is 2.39. The summed E-state index contributed by atoms with van der Waals surface area (Å²) in [6.45, 7) is 3.09. The van der Waals surface area contributed by atoms with Crippen molar-refractivity contribution in [3.8, 4) is 0 Å². The van der Waals surface area contributed by atoms with Gasteiger partial charge in [0.15, 0.2) is 5.78 Å². The fourth-order valence-electron chi connectivity index (χ4n) is 1.01. The Hall–Kier alpha value is -1.06. The molecule has 1 aromatic carbocycles. The molecule has 0 saturated heterocycles. The number of carbonyl (C=O) groups is 2. The maximum atomic E-state index is 11.6. The quantitative estimate of drug-likeness (QED) is 0.670. The lowest BCUT2D eigenvalue weighted by Gasteiger charge is -2.15. The Labute approximate surface area is 104 Å². The smallest absolute Gasteiger partial charge is 0.268 e. The Morgan fingerprint density at radius 1 is 1.19 bits per heavy atom. The van der Waals surface area contributed by atoms with E-state index in [0.29, 0.717) is 5.69 Å². The number of anilines is 1. The molecule has 0 atom stereocenters. The van der Waals surface area contributed by atoms with Crippen LogP contribution >= 0.6 is 23.2 Å². The minimum atomic E-state index is -2.04. The number of alkyl halides is 2. The van der Waals surface area contributed by atoms with Crippen LogP contribution in [0.2, 0.25) is 0 Å². The van der Waals surface area contributed by atoms with Crippen LogP contribution in [0.25, 0.3) is 0 Å². The third-order valence-corrected chi connectivity index (χ3v) is 2.91. The molecular weight excluding hydrogens is 249 g/mol. The fourth-order valence-corrected chi connectivity index (χ4v) is 1.10. The first-order valence-electron chi connectivity index (χ1n) is 4.61. The first kappa shape index (κ1) is 13.0. The Morgan fingerprint density at radius 2 is 1.69 bits per heavy atom. The van der Waals surface area contributed by atoms with E-state index in [9.17, 15) is 9.59 Å². The fraction of sp³-hybridized carbons (Fsp3) is 0.273. The number of ketones is 1. The van der Waals surface area contributed by atoms with Crippen molar-refractivity contribution in [1.82, 2.24) is 0 Å². The van der Waals surface area contributed by atoms with Crippen LogP contribution in [0.15, 0.2) is 24.3 Å².